The van der Waals surface area contributed by atoms with Crippen LogP contribution in [-0.4, -0.2) is 5.78 Å². The Balaban J connectivity index is 1.99. The fraction of sp³-hybridized carbons (Fsp3) is 0.438. The predicted octanol–water partition coefficient (Wildman–Crippen LogP) is 4.30. The van der Waals surface area contributed by atoms with Gasteiger partial charge in [-0.1, -0.05) is 45.9 Å². The van der Waals surface area contributed by atoms with Crippen molar-refractivity contribution in [2.24, 2.45) is 16.7 Å². The number of rotatable bonds is 2. The van der Waals surface area contributed by atoms with Crippen molar-refractivity contribution < 1.29 is 9.21 Å². The third-order valence-electron chi connectivity index (χ3n) is 4.95. The second-order valence-electron chi connectivity index (χ2n) is 6.39. The SMILES string of the molecule is CC1(C)C(C(=O)c2cc3ccccc3o2)C1(C)C. The Hall–Kier alpha value is -1.57. The van der Waals surface area contributed by atoms with Crippen LogP contribution in [0.2, 0.25) is 0 Å². The first-order valence-corrected chi connectivity index (χ1v) is 6.38. The molecule has 0 bridgehead atoms. The van der Waals surface area contributed by atoms with Crippen LogP contribution in [0.15, 0.2) is 34.7 Å². The lowest BCUT2D eigenvalue weighted by Crippen LogP contribution is -2.06. The summed E-state index contributed by atoms with van der Waals surface area (Å²) >= 11 is 0. The lowest BCUT2D eigenvalue weighted by atomic mass is 10.0. The molecule has 18 heavy (non-hydrogen) atoms. The highest BCUT2D eigenvalue weighted by molar-refractivity contribution is 6.01. The van der Waals surface area contributed by atoms with Crippen molar-refractivity contribution in [2.45, 2.75) is 27.7 Å². The number of fused-ring (bicyclic) bond motifs is 1. The van der Waals surface area contributed by atoms with Crippen molar-refractivity contribution in [1.82, 2.24) is 0 Å². The molecule has 1 aliphatic carbocycles. The maximum Gasteiger partial charge on any atom is 0.202 e. The van der Waals surface area contributed by atoms with Gasteiger partial charge in [-0.05, 0) is 23.0 Å². The molecule has 1 aromatic carbocycles. The van der Waals surface area contributed by atoms with Gasteiger partial charge in [-0.25, -0.2) is 0 Å². The summed E-state index contributed by atoms with van der Waals surface area (Å²) in [6, 6.07) is 9.61. The van der Waals surface area contributed by atoms with Gasteiger partial charge in [0.25, 0.3) is 0 Å². The first-order valence-electron chi connectivity index (χ1n) is 6.38. The molecule has 0 saturated heterocycles. The maximum atomic E-state index is 12.5. The van der Waals surface area contributed by atoms with E-state index in [9.17, 15) is 4.79 Å². The summed E-state index contributed by atoms with van der Waals surface area (Å²) in [5.41, 5.74) is 0.906. The molecule has 0 aliphatic heterocycles. The average Bonchev–Trinajstić information content (AvgIpc) is 2.67. The molecule has 2 heteroatoms. The van der Waals surface area contributed by atoms with Gasteiger partial charge in [-0.2, -0.15) is 0 Å². The van der Waals surface area contributed by atoms with Crippen molar-refractivity contribution in [2.75, 3.05) is 0 Å². The number of carbonyl (C=O) groups is 1. The van der Waals surface area contributed by atoms with E-state index < -0.39 is 0 Å². The van der Waals surface area contributed by atoms with Crippen LogP contribution in [0.5, 0.6) is 0 Å². The van der Waals surface area contributed by atoms with E-state index in [-0.39, 0.29) is 22.5 Å². The number of para-hydroxylation sites is 1. The zero-order valence-corrected chi connectivity index (χ0v) is 11.3. The zero-order valence-electron chi connectivity index (χ0n) is 11.3. The minimum absolute atomic E-state index is 0.0586. The molecule has 0 atom stereocenters. The van der Waals surface area contributed by atoms with Gasteiger partial charge in [0.15, 0.2) is 5.76 Å². The fourth-order valence-corrected chi connectivity index (χ4v) is 3.10. The summed E-state index contributed by atoms with van der Waals surface area (Å²) in [7, 11) is 0. The largest absolute Gasteiger partial charge is 0.453 e. The molecule has 0 N–H and O–H groups in total. The van der Waals surface area contributed by atoms with E-state index in [0.29, 0.717) is 5.76 Å². The Morgan fingerprint density at radius 3 is 2.28 bits per heavy atom. The number of carbonyl (C=O) groups excluding carboxylic acids is 1. The van der Waals surface area contributed by atoms with Crippen LogP contribution in [0.25, 0.3) is 11.0 Å². The van der Waals surface area contributed by atoms with Gasteiger partial charge in [-0.15, -0.1) is 0 Å². The molecule has 1 fully saturated rings. The minimum atomic E-state index is 0.0586. The summed E-state index contributed by atoms with van der Waals surface area (Å²) in [5, 5.41) is 0.997. The molecular weight excluding hydrogens is 224 g/mol. The molecule has 1 heterocycles. The van der Waals surface area contributed by atoms with Crippen LogP contribution in [0.1, 0.15) is 38.2 Å². The van der Waals surface area contributed by atoms with Crippen LogP contribution < -0.4 is 0 Å². The molecule has 0 radical (unpaired) electrons. The van der Waals surface area contributed by atoms with E-state index in [1.165, 1.54) is 0 Å². The van der Waals surface area contributed by atoms with Gasteiger partial charge in [0, 0.05) is 11.3 Å². The van der Waals surface area contributed by atoms with Crippen LogP contribution >= 0.6 is 0 Å². The number of furan rings is 1. The Morgan fingerprint density at radius 2 is 1.72 bits per heavy atom. The van der Waals surface area contributed by atoms with Gasteiger partial charge in [0.05, 0.1) is 0 Å². The minimum Gasteiger partial charge on any atom is -0.453 e. The van der Waals surface area contributed by atoms with Gasteiger partial charge in [0.1, 0.15) is 5.58 Å². The normalized spacial score (nSPS) is 21.1. The zero-order chi connectivity index (χ0) is 13.1. The number of hydrogen-bond donors (Lipinski definition) is 0. The van der Waals surface area contributed by atoms with Crippen molar-refractivity contribution >= 4 is 16.8 Å². The number of Topliss-reactive ketones (excluding diaryl/α,β-unsaturated/α-hetero) is 1. The molecule has 2 nitrogen and oxygen atoms in total. The summed E-state index contributed by atoms with van der Waals surface area (Å²) in [5.74, 6) is 0.701. The monoisotopic (exact) mass is 242 g/mol. The van der Waals surface area contributed by atoms with Crippen molar-refractivity contribution in [1.29, 1.82) is 0 Å². The molecule has 1 aromatic heterocycles. The summed E-state index contributed by atoms with van der Waals surface area (Å²) in [4.78, 5) is 12.5. The highest BCUT2D eigenvalue weighted by atomic mass is 16.3. The molecule has 0 unspecified atom stereocenters. The van der Waals surface area contributed by atoms with Gasteiger partial charge >= 0.3 is 0 Å². The molecule has 1 aliphatic rings. The van der Waals surface area contributed by atoms with E-state index in [2.05, 4.69) is 27.7 Å². The Labute approximate surface area is 107 Å². The summed E-state index contributed by atoms with van der Waals surface area (Å²) < 4.78 is 5.67. The van der Waals surface area contributed by atoms with Crippen LogP contribution in [0.3, 0.4) is 0 Å². The number of ketones is 1. The quantitative estimate of drug-likeness (QED) is 0.735. The fourth-order valence-electron chi connectivity index (χ4n) is 3.10. The molecule has 3 rings (SSSR count). The summed E-state index contributed by atoms with van der Waals surface area (Å²) in [6.45, 7) is 8.60. The second kappa shape index (κ2) is 3.25. The predicted molar refractivity (Wildman–Crippen MR) is 71.6 cm³/mol. The van der Waals surface area contributed by atoms with E-state index in [0.717, 1.165) is 11.0 Å². The van der Waals surface area contributed by atoms with Crippen LogP contribution in [0, 0.1) is 16.7 Å². The summed E-state index contributed by atoms with van der Waals surface area (Å²) in [6.07, 6.45) is 0. The molecule has 0 amide bonds. The topological polar surface area (TPSA) is 30.2 Å². The van der Waals surface area contributed by atoms with E-state index in [1.807, 2.05) is 30.3 Å². The van der Waals surface area contributed by atoms with Crippen molar-refractivity contribution in [3.63, 3.8) is 0 Å². The van der Waals surface area contributed by atoms with Crippen LogP contribution in [0.4, 0.5) is 0 Å². The van der Waals surface area contributed by atoms with Gasteiger partial charge in [-0.3, -0.25) is 4.79 Å². The number of benzene rings is 1. The lowest BCUT2D eigenvalue weighted by Gasteiger charge is -2.03. The van der Waals surface area contributed by atoms with Crippen molar-refractivity contribution in [3.8, 4) is 0 Å². The van der Waals surface area contributed by atoms with E-state index in [4.69, 9.17) is 4.42 Å². The Bertz CT molecular complexity index is 584. The average molecular weight is 242 g/mol. The standard InChI is InChI=1S/C16H18O2/c1-15(2)14(16(15,3)4)13(17)12-9-10-7-5-6-8-11(10)18-12/h5-9,14H,1-4H3. The van der Waals surface area contributed by atoms with Crippen molar-refractivity contribution in [3.05, 3.63) is 36.1 Å². The maximum absolute atomic E-state index is 12.5. The van der Waals surface area contributed by atoms with Gasteiger partial charge in [0.2, 0.25) is 5.78 Å². The molecule has 0 spiro atoms. The number of hydrogen-bond acceptors (Lipinski definition) is 2. The highest BCUT2D eigenvalue weighted by Gasteiger charge is 2.68. The molecule has 94 valence electrons. The smallest absolute Gasteiger partial charge is 0.202 e. The van der Waals surface area contributed by atoms with E-state index >= 15 is 0 Å². The van der Waals surface area contributed by atoms with E-state index in [1.54, 1.807) is 0 Å². The third-order valence-corrected chi connectivity index (χ3v) is 4.95. The first kappa shape index (κ1) is 11.5. The third kappa shape index (κ3) is 1.32. The Morgan fingerprint density at radius 1 is 1.11 bits per heavy atom. The Kier molecular flexibility index (Phi) is 2.08. The molecule has 1 saturated carbocycles. The van der Waals surface area contributed by atoms with Crippen LogP contribution in [-0.2, 0) is 0 Å². The molecular formula is C16H18O2. The lowest BCUT2D eigenvalue weighted by molar-refractivity contribution is 0.0919. The molecule has 2 aromatic rings. The first-order chi connectivity index (χ1) is 8.35. The second-order valence-corrected chi connectivity index (χ2v) is 6.39. The highest BCUT2D eigenvalue weighted by Crippen LogP contribution is 2.69. The van der Waals surface area contributed by atoms with Gasteiger partial charge < -0.3 is 4.42 Å².